The Morgan fingerprint density at radius 2 is 1.88 bits per heavy atom. The number of halogens is 3. The van der Waals surface area contributed by atoms with Crippen molar-refractivity contribution in [3.05, 3.63) is 35.4 Å². The van der Waals surface area contributed by atoms with Crippen LogP contribution in [0.15, 0.2) is 28.7 Å². The molecule has 3 nitrogen and oxygen atoms in total. The van der Waals surface area contributed by atoms with Gasteiger partial charge in [-0.15, -0.1) is 4.40 Å². The minimum Gasteiger partial charge on any atom is -0.285 e. The Morgan fingerprint density at radius 1 is 1.29 bits per heavy atom. The molecule has 1 aromatic carbocycles. The molecule has 0 aliphatic carbocycles. The second kappa shape index (κ2) is 5.65. The van der Waals surface area contributed by atoms with Crippen LogP contribution < -0.4 is 0 Å². The van der Waals surface area contributed by atoms with E-state index < -0.39 is 16.9 Å². The van der Waals surface area contributed by atoms with Crippen molar-refractivity contribution in [2.24, 2.45) is 4.40 Å². The standard InChI is InChI=1S/C10H6F3NO2S/c11-10(12,13)8-3-1-7(2-4-8)5-9(16)17-14-6-15/h1-4H,5H2. The Morgan fingerprint density at radius 3 is 2.35 bits per heavy atom. The van der Waals surface area contributed by atoms with Crippen LogP contribution in [0.4, 0.5) is 13.2 Å². The summed E-state index contributed by atoms with van der Waals surface area (Å²) in [4.78, 5) is 20.8. The third-order valence-electron chi connectivity index (χ3n) is 1.81. The second-order valence-electron chi connectivity index (χ2n) is 3.02. The average Bonchev–Trinajstić information content (AvgIpc) is 2.26. The first kappa shape index (κ1) is 13.5. The highest BCUT2D eigenvalue weighted by molar-refractivity contribution is 8.12. The number of hydrogen-bond acceptors (Lipinski definition) is 4. The van der Waals surface area contributed by atoms with Gasteiger partial charge in [0.05, 0.1) is 17.5 Å². The fourth-order valence-electron chi connectivity index (χ4n) is 1.08. The van der Waals surface area contributed by atoms with Crippen molar-refractivity contribution in [3.63, 3.8) is 0 Å². The van der Waals surface area contributed by atoms with Crippen LogP contribution in [0.25, 0.3) is 0 Å². The summed E-state index contributed by atoms with van der Waals surface area (Å²) < 4.78 is 39.7. The van der Waals surface area contributed by atoms with Crippen molar-refractivity contribution < 1.29 is 22.8 Å². The summed E-state index contributed by atoms with van der Waals surface area (Å²) in [6, 6.07) is 4.23. The minimum absolute atomic E-state index is 0.0893. The van der Waals surface area contributed by atoms with Gasteiger partial charge in [0.15, 0.2) is 0 Å². The van der Waals surface area contributed by atoms with Crippen LogP contribution in [0.2, 0.25) is 0 Å². The molecule has 90 valence electrons. The molecule has 0 spiro atoms. The van der Waals surface area contributed by atoms with E-state index in [1.54, 1.807) is 0 Å². The van der Waals surface area contributed by atoms with Gasteiger partial charge in [-0.2, -0.15) is 13.2 Å². The monoisotopic (exact) mass is 261 g/mol. The maximum Gasteiger partial charge on any atom is 0.416 e. The van der Waals surface area contributed by atoms with Gasteiger partial charge < -0.3 is 0 Å². The molecule has 0 heterocycles. The van der Waals surface area contributed by atoms with E-state index in [-0.39, 0.29) is 6.42 Å². The number of nitrogens with zero attached hydrogens (tertiary/aromatic N) is 1. The summed E-state index contributed by atoms with van der Waals surface area (Å²) >= 11 is 0.421. The highest BCUT2D eigenvalue weighted by Gasteiger charge is 2.29. The van der Waals surface area contributed by atoms with E-state index >= 15 is 0 Å². The third-order valence-corrected chi connectivity index (χ3v) is 2.33. The first-order valence-electron chi connectivity index (χ1n) is 4.36. The molecule has 0 aromatic heterocycles. The SMILES string of the molecule is O=C=NSC(=O)Cc1ccc(C(F)(F)F)cc1. The molecule has 7 heteroatoms. The van der Waals surface area contributed by atoms with Gasteiger partial charge in [0.2, 0.25) is 11.2 Å². The molecule has 0 unspecified atom stereocenters. The van der Waals surface area contributed by atoms with Crippen LogP contribution in [0.3, 0.4) is 0 Å². The quantitative estimate of drug-likeness (QED) is 0.477. The number of carbonyl (C=O) groups is 1. The van der Waals surface area contributed by atoms with Gasteiger partial charge in [-0.05, 0) is 17.7 Å². The molecule has 0 radical (unpaired) electrons. The van der Waals surface area contributed by atoms with Crippen molar-refractivity contribution in [1.29, 1.82) is 0 Å². The lowest BCUT2D eigenvalue weighted by molar-refractivity contribution is -0.137. The Hall–Kier alpha value is -1.59. The van der Waals surface area contributed by atoms with E-state index in [0.29, 0.717) is 17.5 Å². The predicted molar refractivity (Wildman–Crippen MR) is 55.9 cm³/mol. The van der Waals surface area contributed by atoms with Crippen LogP contribution in [0.5, 0.6) is 0 Å². The first-order valence-corrected chi connectivity index (χ1v) is 5.14. The number of rotatable bonds is 3. The summed E-state index contributed by atoms with van der Waals surface area (Å²) in [7, 11) is 0. The maximum atomic E-state index is 12.2. The van der Waals surface area contributed by atoms with Gasteiger partial charge in [-0.25, -0.2) is 4.79 Å². The Labute approximate surface area is 98.9 Å². The average molecular weight is 261 g/mol. The van der Waals surface area contributed by atoms with Crippen molar-refractivity contribution in [2.45, 2.75) is 12.6 Å². The van der Waals surface area contributed by atoms with Gasteiger partial charge >= 0.3 is 6.18 Å². The number of hydrogen-bond donors (Lipinski definition) is 0. The summed E-state index contributed by atoms with van der Waals surface area (Å²) in [5.74, 6) is 0. The normalized spacial score (nSPS) is 10.8. The molecule has 0 bridgehead atoms. The zero-order chi connectivity index (χ0) is 12.9. The predicted octanol–water partition coefficient (Wildman–Crippen LogP) is 2.76. The van der Waals surface area contributed by atoms with Crippen molar-refractivity contribution in [3.8, 4) is 0 Å². The van der Waals surface area contributed by atoms with Crippen LogP contribution in [0, 0.1) is 0 Å². The Balaban J connectivity index is 2.69. The summed E-state index contributed by atoms with van der Waals surface area (Å²) in [5.41, 5.74) is -0.344. The molecule has 0 saturated carbocycles. The Kier molecular flexibility index (Phi) is 4.48. The molecular weight excluding hydrogens is 255 g/mol. The van der Waals surface area contributed by atoms with Crippen LogP contribution >= 0.6 is 11.9 Å². The van der Waals surface area contributed by atoms with Crippen molar-refractivity contribution in [1.82, 2.24) is 0 Å². The summed E-state index contributed by atoms with van der Waals surface area (Å²) in [6.07, 6.45) is -3.30. The fourth-order valence-corrected chi connectivity index (χ4v) is 1.45. The van der Waals surface area contributed by atoms with Crippen LogP contribution in [-0.2, 0) is 22.2 Å². The summed E-state index contributed by atoms with van der Waals surface area (Å²) in [6.45, 7) is 0. The zero-order valence-corrected chi connectivity index (χ0v) is 9.14. The number of alkyl halides is 3. The Bertz CT molecular complexity index is 450. The van der Waals surface area contributed by atoms with Gasteiger partial charge in [-0.3, -0.25) is 4.79 Å². The highest BCUT2D eigenvalue weighted by atomic mass is 32.2. The highest BCUT2D eigenvalue weighted by Crippen LogP contribution is 2.29. The molecule has 1 rings (SSSR count). The van der Waals surface area contributed by atoms with Gasteiger partial charge in [0.25, 0.3) is 0 Å². The minimum atomic E-state index is -4.39. The molecule has 0 aliphatic rings. The van der Waals surface area contributed by atoms with E-state index in [4.69, 9.17) is 0 Å². The number of carbonyl (C=O) groups excluding carboxylic acids is 2. The molecule has 0 aliphatic heterocycles. The lowest BCUT2D eigenvalue weighted by atomic mass is 10.1. The topological polar surface area (TPSA) is 46.5 Å². The molecule has 1 aromatic rings. The van der Waals surface area contributed by atoms with E-state index in [2.05, 4.69) is 4.40 Å². The number of isocyanates is 1. The smallest absolute Gasteiger partial charge is 0.285 e. The van der Waals surface area contributed by atoms with Gasteiger partial charge in [-0.1, -0.05) is 12.1 Å². The molecule has 0 N–H and O–H groups in total. The van der Waals surface area contributed by atoms with Crippen LogP contribution in [-0.4, -0.2) is 11.2 Å². The molecule has 0 atom stereocenters. The number of benzene rings is 1. The first-order chi connectivity index (χ1) is 7.93. The van der Waals surface area contributed by atoms with Gasteiger partial charge in [0.1, 0.15) is 0 Å². The molecule has 17 heavy (non-hydrogen) atoms. The fraction of sp³-hybridized carbons (Fsp3) is 0.200. The molecule has 0 amide bonds. The van der Waals surface area contributed by atoms with E-state index in [1.807, 2.05) is 0 Å². The molecule has 0 saturated heterocycles. The second-order valence-corrected chi connectivity index (χ2v) is 3.84. The van der Waals surface area contributed by atoms with E-state index in [0.717, 1.165) is 12.1 Å². The summed E-state index contributed by atoms with van der Waals surface area (Å²) in [5, 5.41) is -0.437. The molecular formula is C10H6F3NO2S. The van der Waals surface area contributed by atoms with Crippen molar-refractivity contribution in [2.75, 3.05) is 0 Å². The largest absolute Gasteiger partial charge is 0.416 e. The van der Waals surface area contributed by atoms with Crippen molar-refractivity contribution >= 4 is 23.1 Å². The zero-order valence-electron chi connectivity index (χ0n) is 8.32. The lowest BCUT2D eigenvalue weighted by Gasteiger charge is -2.06. The third kappa shape index (κ3) is 4.42. The van der Waals surface area contributed by atoms with E-state index in [1.165, 1.54) is 18.2 Å². The maximum absolute atomic E-state index is 12.2. The molecule has 0 fully saturated rings. The van der Waals surface area contributed by atoms with Crippen LogP contribution in [0.1, 0.15) is 11.1 Å². The van der Waals surface area contributed by atoms with Gasteiger partial charge in [0, 0.05) is 6.42 Å². The van der Waals surface area contributed by atoms with E-state index in [9.17, 15) is 22.8 Å². The lowest BCUT2D eigenvalue weighted by Crippen LogP contribution is -2.05.